The number of fused-ring (bicyclic) bond motifs is 1. The third kappa shape index (κ3) is 2.20. The highest BCUT2D eigenvalue weighted by atomic mass is 32.2. The van der Waals surface area contributed by atoms with E-state index in [1.54, 1.807) is 0 Å². The first-order chi connectivity index (χ1) is 9.42. The number of thioether (sulfide) groups is 1. The molecule has 3 rings (SSSR count). The average Bonchev–Trinajstić information content (AvgIpc) is 2.39. The maximum Gasteiger partial charge on any atom is 0.417 e. The van der Waals surface area contributed by atoms with Crippen molar-refractivity contribution in [2.24, 2.45) is 0 Å². The highest BCUT2D eigenvalue weighted by Crippen LogP contribution is 2.53. The molecule has 1 heterocycles. The Morgan fingerprint density at radius 3 is 2.50 bits per heavy atom. The van der Waals surface area contributed by atoms with Gasteiger partial charge in [-0.3, -0.25) is 4.79 Å². The summed E-state index contributed by atoms with van der Waals surface area (Å²) in [5.74, 6) is -0.144. The van der Waals surface area contributed by atoms with Crippen LogP contribution >= 0.6 is 11.8 Å². The minimum absolute atomic E-state index is 0.144. The maximum atomic E-state index is 13.1. The van der Waals surface area contributed by atoms with Crippen molar-refractivity contribution in [2.75, 3.05) is 5.32 Å². The van der Waals surface area contributed by atoms with Crippen LogP contribution in [0.3, 0.4) is 0 Å². The molecule has 6 heteroatoms. The molecule has 2 nitrogen and oxygen atoms in total. The van der Waals surface area contributed by atoms with Crippen molar-refractivity contribution in [3.63, 3.8) is 0 Å². The molecule has 2 aliphatic rings. The molecule has 20 heavy (non-hydrogen) atoms. The lowest BCUT2D eigenvalue weighted by Gasteiger charge is -2.39. The molecular weight excluding hydrogens is 287 g/mol. The number of hydrogen-bond donors (Lipinski definition) is 1. The van der Waals surface area contributed by atoms with Crippen molar-refractivity contribution in [3.8, 4) is 0 Å². The molecule has 1 aliphatic heterocycles. The Morgan fingerprint density at radius 1 is 1.15 bits per heavy atom. The van der Waals surface area contributed by atoms with Gasteiger partial charge in [-0.15, -0.1) is 11.8 Å². The van der Waals surface area contributed by atoms with Gasteiger partial charge in [-0.1, -0.05) is 25.3 Å². The van der Waals surface area contributed by atoms with Crippen LogP contribution in [0.4, 0.5) is 18.9 Å². The fourth-order valence-corrected chi connectivity index (χ4v) is 4.45. The predicted octanol–water partition coefficient (Wildman–Crippen LogP) is 4.45. The highest BCUT2D eigenvalue weighted by Gasteiger charge is 2.47. The zero-order valence-corrected chi connectivity index (χ0v) is 11.5. The van der Waals surface area contributed by atoms with Crippen LogP contribution in [0.5, 0.6) is 0 Å². The van der Waals surface area contributed by atoms with Gasteiger partial charge in [0.15, 0.2) is 0 Å². The third-order valence-corrected chi connectivity index (χ3v) is 5.57. The molecule has 0 saturated heterocycles. The summed E-state index contributed by atoms with van der Waals surface area (Å²) in [6, 6.07) is 3.95. The van der Waals surface area contributed by atoms with Crippen molar-refractivity contribution >= 4 is 23.4 Å². The first-order valence-corrected chi connectivity index (χ1v) is 7.45. The Balaban J connectivity index is 2.06. The fourth-order valence-electron chi connectivity index (χ4n) is 2.90. The molecule has 0 bridgehead atoms. The number of anilines is 1. The van der Waals surface area contributed by atoms with Gasteiger partial charge in [-0.05, 0) is 25.0 Å². The number of nitrogens with one attached hydrogen (secondary N) is 1. The predicted molar refractivity (Wildman–Crippen MR) is 71.7 cm³/mol. The summed E-state index contributed by atoms with van der Waals surface area (Å²) in [5.41, 5.74) is -0.365. The van der Waals surface area contributed by atoms with Gasteiger partial charge in [0.2, 0.25) is 5.91 Å². The number of halogens is 3. The summed E-state index contributed by atoms with van der Waals surface area (Å²) < 4.78 is 38.6. The Labute approximate surface area is 119 Å². The molecule has 0 unspecified atom stereocenters. The van der Waals surface area contributed by atoms with Gasteiger partial charge in [-0.2, -0.15) is 13.2 Å². The summed E-state index contributed by atoms with van der Waals surface area (Å²) in [4.78, 5) is 12.4. The first kappa shape index (κ1) is 13.8. The van der Waals surface area contributed by atoms with Crippen LogP contribution in [0.1, 0.15) is 37.7 Å². The molecule has 0 radical (unpaired) electrons. The van der Waals surface area contributed by atoms with E-state index in [1.165, 1.54) is 12.1 Å². The van der Waals surface area contributed by atoms with Crippen LogP contribution < -0.4 is 5.32 Å². The average molecular weight is 301 g/mol. The van der Waals surface area contributed by atoms with Gasteiger partial charge in [0, 0.05) is 4.90 Å². The van der Waals surface area contributed by atoms with Crippen LogP contribution in [0, 0.1) is 0 Å². The number of carbonyl (C=O) groups excluding carboxylic acids is 1. The number of amides is 1. The van der Waals surface area contributed by atoms with Crippen molar-refractivity contribution in [1.29, 1.82) is 0 Å². The smallest absolute Gasteiger partial charge is 0.324 e. The minimum atomic E-state index is -4.39. The van der Waals surface area contributed by atoms with Gasteiger partial charge in [-0.25, -0.2) is 0 Å². The number of alkyl halides is 3. The number of carbonyl (C=O) groups is 1. The molecule has 1 aromatic rings. The second kappa shape index (κ2) is 4.69. The highest BCUT2D eigenvalue weighted by molar-refractivity contribution is 8.01. The zero-order valence-electron chi connectivity index (χ0n) is 10.7. The van der Waals surface area contributed by atoms with E-state index in [0.29, 0.717) is 12.8 Å². The zero-order chi connectivity index (χ0) is 14.4. The van der Waals surface area contributed by atoms with Crippen LogP contribution in [-0.2, 0) is 11.0 Å². The Bertz CT molecular complexity index is 550. The van der Waals surface area contributed by atoms with Gasteiger partial charge >= 0.3 is 6.18 Å². The molecule has 0 aromatic heterocycles. The van der Waals surface area contributed by atoms with E-state index in [1.807, 2.05) is 0 Å². The lowest BCUT2D eigenvalue weighted by atomic mass is 9.87. The minimum Gasteiger partial charge on any atom is -0.324 e. The lowest BCUT2D eigenvalue weighted by Crippen LogP contribution is -2.44. The summed E-state index contributed by atoms with van der Waals surface area (Å²) in [6.45, 7) is 0. The van der Waals surface area contributed by atoms with E-state index in [9.17, 15) is 18.0 Å². The Morgan fingerprint density at radius 2 is 1.85 bits per heavy atom. The SMILES string of the molecule is O=C1Nc2cccc(C(F)(F)F)c2SC12CCCCC2. The summed E-state index contributed by atoms with van der Waals surface area (Å²) in [7, 11) is 0. The summed E-state index contributed by atoms with van der Waals surface area (Å²) in [6.07, 6.45) is -0.266. The van der Waals surface area contributed by atoms with E-state index < -0.39 is 16.5 Å². The van der Waals surface area contributed by atoms with Crippen molar-refractivity contribution in [3.05, 3.63) is 23.8 Å². The third-order valence-electron chi connectivity index (χ3n) is 3.94. The topological polar surface area (TPSA) is 29.1 Å². The van der Waals surface area contributed by atoms with Gasteiger partial charge in [0.25, 0.3) is 0 Å². The first-order valence-electron chi connectivity index (χ1n) is 6.63. The van der Waals surface area contributed by atoms with Crippen LogP contribution in [0.2, 0.25) is 0 Å². The molecule has 1 aromatic carbocycles. The second-order valence-corrected chi connectivity index (χ2v) is 6.69. The van der Waals surface area contributed by atoms with E-state index in [-0.39, 0.29) is 16.5 Å². The van der Waals surface area contributed by atoms with Crippen LogP contribution in [-0.4, -0.2) is 10.7 Å². The number of benzene rings is 1. The summed E-state index contributed by atoms with van der Waals surface area (Å²) in [5, 5.41) is 2.67. The van der Waals surface area contributed by atoms with E-state index in [4.69, 9.17) is 0 Å². The largest absolute Gasteiger partial charge is 0.417 e. The molecule has 1 aliphatic carbocycles. The molecule has 1 fully saturated rings. The molecule has 0 atom stereocenters. The van der Waals surface area contributed by atoms with Gasteiger partial charge < -0.3 is 5.32 Å². The van der Waals surface area contributed by atoms with Crippen molar-refractivity contribution in [1.82, 2.24) is 0 Å². The number of hydrogen-bond acceptors (Lipinski definition) is 2. The van der Waals surface area contributed by atoms with E-state index in [0.717, 1.165) is 37.1 Å². The standard InChI is InChI=1S/C14H14F3NOS/c15-14(16,17)9-5-4-6-10-11(9)20-13(12(19)18-10)7-2-1-3-8-13/h4-6H,1-3,7-8H2,(H,18,19). The molecule has 1 N–H and O–H groups in total. The lowest BCUT2D eigenvalue weighted by molar-refractivity contribution is -0.139. The Hall–Kier alpha value is -1.17. The molecule has 108 valence electrons. The molecule has 1 spiro atoms. The summed E-state index contributed by atoms with van der Waals surface area (Å²) >= 11 is 1.11. The van der Waals surface area contributed by atoms with Gasteiger partial charge in [0.1, 0.15) is 0 Å². The fraction of sp³-hybridized carbons (Fsp3) is 0.500. The van der Waals surface area contributed by atoms with E-state index in [2.05, 4.69) is 5.32 Å². The normalized spacial score (nSPS) is 21.4. The Kier molecular flexibility index (Phi) is 3.23. The van der Waals surface area contributed by atoms with Crippen LogP contribution in [0.25, 0.3) is 0 Å². The monoisotopic (exact) mass is 301 g/mol. The maximum absolute atomic E-state index is 13.1. The van der Waals surface area contributed by atoms with Crippen molar-refractivity contribution < 1.29 is 18.0 Å². The quantitative estimate of drug-likeness (QED) is 0.767. The second-order valence-electron chi connectivity index (χ2n) is 5.29. The van der Waals surface area contributed by atoms with Crippen molar-refractivity contribution in [2.45, 2.75) is 47.9 Å². The van der Waals surface area contributed by atoms with Crippen LogP contribution in [0.15, 0.2) is 23.1 Å². The number of rotatable bonds is 0. The molecule has 1 saturated carbocycles. The molecule has 1 amide bonds. The van der Waals surface area contributed by atoms with Gasteiger partial charge in [0.05, 0.1) is 16.0 Å². The van der Waals surface area contributed by atoms with E-state index >= 15 is 0 Å². The molecular formula is C14H14F3NOS.